The Hall–Kier alpha value is -2.77. The highest BCUT2D eigenvalue weighted by Gasteiger charge is 2.32. The van der Waals surface area contributed by atoms with E-state index in [1.165, 1.54) is 16.0 Å². The molecule has 1 amide bonds. The molecule has 4 aromatic rings. The molecule has 1 atom stereocenters. The van der Waals surface area contributed by atoms with Gasteiger partial charge < -0.3 is 9.64 Å². The van der Waals surface area contributed by atoms with Crippen molar-refractivity contribution in [3.63, 3.8) is 0 Å². The fraction of sp³-hybridized carbons (Fsp3) is 0.261. The molecule has 2 aromatic heterocycles. The van der Waals surface area contributed by atoms with Gasteiger partial charge in [-0.3, -0.25) is 4.79 Å². The first kappa shape index (κ1) is 19.2. The monoisotopic (exact) mass is 435 g/mol. The van der Waals surface area contributed by atoms with Gasteiger partial charge in [-0.05, 0) is 55.7 Å². The number of likely N-dealkylation sites (tertiary alicyclic amines) is 1. The number of para-hydroxylation sites is 1. The van der Waals surface area contributed by atoms with E-state index in [0.717, 1.165) is 52.7 Å². The number of thiazole rings is 2. The minimum Gasteiger partial charge on any atom is -0.497 e. The molecule has 0 radical (unpaired) electrons. The van der Waals surface area contributed by atoms with Crippen molar-refractivity contribution in [1.29, 1.82) is 0 Å². The molecule has 1 saturated heterocycles. The van der Waals surface area contributed by atoms with Gasteiger partial charge in [0.15, 0.2) is 0 Å². The molecule has 0 unspecified atom stereocenters. The fourth-order valence-electron chi connectivity index (χ4n) is 3.85. The zero-order valence-electron chi connectivity index (χ0n) is 16.6. The molecule has 0 spiro atoms. The highest BCUT2D eigenvalue weighted by molar-refractivity contribution is 7.18. The number of fused-ring (bicyclic) bond motifs is 1. The molecule has 1 fully saturated rings. The van der Waals surface area contributed by atoms with Crippen molar-refractivity contribution < 1.29 is 9.53 Å². The molecule has 5 rings (SSSR count). The number of piperidine rings is 1. The summed E-state index contributed by atoms with van der Waals surface area (Å²) in [5.41, 5.74) is 2.51. The second kappa shape index (κ2) is 8.16. The topological polar surface area (TPSA) is 55.3 Å². The summed E-state index contributed by atoms with van der Waals surface area (Å²) in [6, 6.07) is 15.9. The van der Waals surface area contributed by atoms with Crippen molar-refractivity contribution in [3.8, 4) is 16.3 Å². The maximum atomic E-state index is 13.4. The number of methoxy groups -OCH3 is 1. The molecule has 30 heavy (non-hydrogen) atoms. The summed E-state index contributed by atoms with van der Waals surface area (Å²) in [6.07, 6.45) is 3.07. The Morgan fingerprint density at radius 3 is 2.73 bits per heavy atom. The quantitative estimate of drug-likeness (QED) is 0.407. The second-order valence-electron chi connectivity index (χ2n) is 7.30. The van der Waals surface area contributed by atoms with Crippen molar-refractivity contribution in [2.75, 3.05) is 13.7 Å². The first-order valence-electron chi connectivity index (χ1n) is 9.99. The maximum Gasteiger partial charge on any atom is 0.273 e. The van der Waals surface area contributed by atoms with Gasteiger partial charge in [0.05, 0.1) is 23.4 Å². The summed E-state index contributed by atoms with van der Waals surface area (Å²) >= 11 is 3.19. The first-order valence-corrected chi connectivity index (χ1v) is 11.7. The lowest BCUT2D eigenvalue weighted by molar-refractivity contribution is 0.0606. The van der Waals surface area contributed by atoms with Crippen molar-refractivity contribution >= 4 is 38.8 Å². The van der Waals surface area contributed by atoms with Crippen LogP contribution in [0.3, 0.4) is 0 Å². The summed E-state index contributed by atoms with van der Waals surface area (Å²) in [6.45, 7) is 0.745. The van der Waals surface area contributed by atoms with Gasteiger partial charge in [0.25, 0.3) is 5.91 Å². The first-order chi connectivity index (χ1) is 14.7. The van der Waals surface area contributed by atoms with Gasteiger partial charge in [-0.25, -0.2) is 9.97 Å². The summed E-state index contributed by atoms with van der Waals surface area (Å²) in [5, 5.41) is 3.73. The molecule has 0 aliphatic carbocycles. The Balaban J connectivity index is 1.41. The van der Waals surface area contributed by atoms with Crippen LogP contribution in [0.4, 0.5) is 0 Å². The van der Waals surface area contributed by atoms with Crippen LogP contribution in [0.25, 0.3) is 20.8 Å². The lowest BCUT2D eigenvalue weighted by Crippen LogP contribution is -2.38. The third-order valence-corrected chi connectivity index (χ3v) is 7.45. The van der Waals surface area contributed by atoms with Crippen LogP contribution in [0.1, 0.15) is 40.8 Å². The standard InChI is InChI=1S/C23H21N3O2S2/c1-28-16-11-9-15(10-12-16)21-25-18(14-29-21)23(27)26-13-5-4-7-19(26)22-24-17-6-2-3-8-20(17)30-22/h2-3,6,8-12,14,19H,4-5,7,13H2,1H3/t19-/m1/s1. The van der Waals surface area contributed by atoms with Crippen LogP contribution in [0.15, 0.2) is 53.9 Å². The van der Waals surface area contributed by atoms with E-state index in [2.05, 4.69) is 11.1 Å². The van der Waals surface area contributed by atoms with E-state index in [-0.39, 0.29) is 11.9 Å². The van der Waals surface area contributed by atoms with Crippen LogP contribution in [-0.2, 0) is 0 Å². The van der Waals surface area contributed by atoms with Gasteiger partial charge in [0.2, 0.25) is 0 Å². The molecular formula is C23H21N3O2S2. The molecular weight excluding hydrogens is 414 g/mol. The zero-order valence-corrected chi connectivity index (χ0v) is 18.2. The number of amides is 1. The summed E-state index contributed by atoms with van der Waals surface area (Å²) in [7, 11) is 1.65. The number of ether oxygens (including phenoxy) is 1. The van der Waals surface area contributed by atoms with Crippen LogP contribution < -0.4 is 4.74 Å². The van der Waals surface area contributed by atoms with Gasteiger partial charge in [-0.2, -0.15) is 0 Å². The molecule has 7 heteroatoms. The molecule has 1 aliphatic rings. The lowest BCUT2D eigenvalue weighted by Gasteiger charge is -2.34. The Labute approximate surface area is 183 Å². The SMILES string of the molecule is COc1ccc(-c2nc(C(=O)N3CCCC[C@@H]3c3nc4ccccc4s3)cs2)cc1. The maximum absolute atomic E-state index is 13.4. The van der Waals surface area contributed by atoms with Gasteiger partial charge in [0.1, 0.15) is 21.5 Å². The molecule has 152 valence electrons. The molecule has 2 aromatic carbocycles. The predicted octanol–water partition coefficient (Wildman–Crippen LogP) is 5.80. The van der Waals surface area contributed by atoms with Crippen LogP contribution in [0, 0.1) is 0 Å². The van der Waals surface area contributed by atoms with E-state index in [4.69, 9.17) is 9.72 Å². The van der Waals surface area contributed by atoms with Crippen molar-refractivity contribution in [3.05, 3.63) is 64.6 Å². The lowest BCUT2D eigenvalue weighted by atomic mass is 10.0. The van der Waals surface area contributed by atoms with Gasteiger partial charge in [0, 0.05) is 17.5 Å². The number of benzene rings is 2. The van der Waals surface area contributed by atoms with Crippen LogP contribution in [-0.4, -0.2) is 34.4 Å². The molecule has 3 heterocycles. The third-order valence-electron chi connectivity index (χ3n) is 5.42. The van der Waals surface area contributed by atoms with Crippen molar-refractivity contribution in [1.82, 2.24) is 14.9 Å². The highest BCUT2D eigenvalue weighted by Crippen LogP contribution is 2.37. The van der Waals surface area contributed by atoms with E-state index >= 15 is 0 Å². The second-order valence-corrected chi connectivity index (χ2v) is 9.22. The van der Waals surface area contributed by atoms with E-state index in [0.29, 0.717) is 5.69 Å². The van der Waals surface area contributed by atoms with Gasteiger partial charge in [-0.1, -0.05) is 12.1 Å². The molecule has 5 nitrogen and oxygen atoms in total. The largest absolute Gasteiger partial charge is 0.497 e. The number of nitrogens with zero attached hydrogens (tertiary/aromatic N) is 3. The summed E-state index contributed by atoms with van der Waals surface area (Å²) in [5.74, 6) is 0.800. The van der Waals surface area contributed by atoms with Crippen molar-refractivity contribution in [2.24, 2.45) is 0 Å². The van der Waals surface area contributed by atoms with E-state index in [1.807, 2.05) is 52.7 Å². The average molecular weight is 436 g/mol. The normalized spacial score (nSPS) is 16.7. The highest BCUT2D eigenvalue weighted by atomic mass is 32.1. The fourth-order valence-corrected chi connectivity index (χ4v) is 5.76. The zero-order chi connectivity index (χ0) is 20.5. The molecule has 1 aliphatic heterocycles. The van der Waals surface area contributed by atoms with E-state index in [9.17, 15) is 4.79 Å². The van der Waals surface area contributed by atoms with E-state index in [1.54, 1.807) is 18.4 Å². The summed E-state index contributed by atoms with van der Waals surface area (Å²) in [4.78, 5) is 24.8. The number of hydrogen-bond acceptors (Lipinski definition) is 6. The molecule has 0 bridgehead atoms. The van der Waals surface area contributed by atoms with Gasteiger partial charge >= 0.3 is 0 Å². The molecule has 0 saturated carbocycles. The number of rotatable bonds is 4. The minimum absolute atomic E-state index is 0.00466. The minimum atomic E-state index is -0.00466. The van der Waals surface area contributed by atoms with Crippen LogP contribution in [0.2, 0.25) is 0 Å². The number of aromatic nitrogens is 2. The Kier molecular flexibility index (Phi) is 5.23. The third kappa shape index (κ3) is 3.59. The Morgan fingerprint density at radius 2 is 1.93 bits per heavy atom. The number of carbonyl (C=O) groups is 1. The number of carbonyl (C=O) groups excluding carboxylic acids is 1. The predicted molar refractivity (Wildman–Crippen MR) is 121 cm³/mol. The molecule has 0 N–H and O–H groups in total. The Bertz CT molecular complexity index is 1150. The number of hydrogen-bond donors (Lipinski definition) is 0. The summed E-state index contributed by atoms with van der Waals surface area (Å²) < 4.78 is 6.39. The average Bonchev–Trinajstić information content (AvgIpc) is 3.46. The Morgan fingerprint density at radius 1 is 1.10 bits per heavy atom. The van der Waals surface area contributed by atoms with Crippen LogP contribution in [0.5, 0.6) is 5.75 Å². The van der Waals surface area contributed by atoms with Crippen molar-refractivity contribution in [2.45, 2.75) is 25.3 Å². The van der Waals surface area contributed by atoms with Crippen LogP contribution >= 0.6 is 22.7 Å². The smallest absolute Gasteiger partial charge is 0.273 e. The van der Waals surface area contributed by atoms with Gasteiger partial charge in [-0.15, -0.1) is 22.7 Å². The van der Waals surface area contributed by atoms with E-state index < -0.39 is 0 Å².